The number of likely N-dealkylation sites (N-methyl/N-ethyl adjacent to an activating group) is 1. The molecule has 0 aliphatic carbocycles. The van der Waals surface area contributed by atoms with Crippen LogP contribution < -0.4 is 10.2 Å². The minimum Gasteiger partial charge on any atom is -0.756 e. The maximum Gasteiger partial charge on any atom is 0.268 e. The number of nitrogens with zero attached hydrogens (tertiary/aromatic N) is 1. The van der Waals surface area contributed by atoms with Crippen molar-refractivity contribution in [1.82, 2.24) is 5.32 Å². The van der Waals surface area contributed by atoms with Crippen molar-refractivity contribution in [3.05, 3.63) is 97.2 Å². The molecule has 0 aromatic rings. The van der Waals surface area contributed by atoms with Crippen LogP contribution in [-0.4, -0.2) is 68.5 Å². The first kappa shape index (κ1) is 53.4. The van der Waals surface area contributed by atoms with Crippen LogP contribution in [0.5, 0.6) is 0 Å². The maximum absolute atomic E-state index is 12.8. The first-order valence-corrected chi connectivity index (χ1v) is 23.1. The Labute approximate surface area is 343 Å². The maximum atomic E-state index is 12.8. The standard InChI is InChI=1S/C47H81N2O6P/c1-6-8-10-12-14-15-16-17-18-19-20-21-22-23-24-25-26-27-28-29-30-31-32-33-35-37-39-41-47(51)48-45(46(50)40-38-36-34-13-11-9-7-2)44-55-56(52,53)54-43-42-49(3,4)5/h8,10-11,13-15,17-18,20-21,23-24,26-27,38,40,45-46,50H,6-7,9,12,16,19,22,25,28-37,39,41-44H2,1-5H3,(H-,48,51,52,53)/b10-8-,13-11+,15-14-,18-17-,21-20-,24-23-,27-26-,40-38+. The van der Waals surface area contributed by atoms with E-state index in [2.05, 4.69) is 104 Å². The number of quaternary nitrogens is 1. The van der Waals surface area contributed by atoms with Crippen LogP contribution in [0.2, 0.25) is 0 Å². The van der Waals surface area contributed by atoms with Crippen molar-refractivity contribution in [3.63, 3.8) is 0 Å². The van der Waals surface area contributed by atoms with Gasteiger partial charge in [0.2, 0.25) is 5.91 Å². The molecule has 3 atom stereocenters. The molecule has 0 aromatic heterocycles. The predicted octanol–water partition coefficient (Wildman–Crippen LogP) is 11.3. The van der Waals surface area contributed by atoms with Crippen LogP contribution in [0.25, 0.3) is 0 Å². The SMILES string of the molecule is CC/C=C\C/C=C\C/C=C\C/C=C\C/C=C\C/C=C\CCCCCCCCCCC(=O)NC(COP(=O)([O-])OCC[N+](C)(C)C)C(O)/C=C/CC/C=C/CCC. The van der Waals surface area contributed by atoms with E-state index in [9.17, 15) is 19.4 Å². The minimum absolute atomic E-state index is 0.0143. The van der Waals surface area contributed by atoms with E-state index in [-0.39, 0.29) is 12.5 Å². The number of phosphoric ester groups is 1. The number of amides is 1. The summed E-state index contributed by atoms with van der Waals surface area (Å²) in [6.45, 7) is 4.35. The van der Waals surface area contributed by atoms with Crippen molar-refractivity contribution in [2.45, 2.75) is 154 Å². The van der Waals surface area contributed by atoms with Crippen molar-refractivity contribution in [2.24, 2.45) is 0 Å². The number of aliphatic hydroxyl groups is 1. The van der Waals surface area contributed by atoms with Crippen LogP contribution in [0.4, 0.5) is 0 Å². The third-order valence-electron chi connectivity index (χ3n) is 8.76. The summed E-state index contributed by atoms with van der Waals surface area (Å²) in [4.78, 5) is 25.1. The van der Waals surface area contributed by atoms with Gasteiger partial charge in [0.15, 0.2) is 0 Å². The van der Waals surface area contributed by atoms with Gasteiger partial charge in [-0.2, -0.15) is 0 Å². The summed E-state index contributed by atoms with van der Waals surface area (Å²) in [5.74, 6) is -0.227. The summed E-state index contributed by atoms with van der Waals surface area (Å²) in [5, 5.41) is 13.6. The topological polar surface area (TPSA) is 108 Å². The molecule has 0 spiro atoms. The molecule has 0 bridgehead atoms. The molecule has 0 heterocycles. The molecule has 9 heteroatoms. The summed E-state index contributed by atoms with van der Waals surface area (Å²) in [6, 6.07) is -0.911. The van der Waals surface area contributed by atoms with Crippen LogP contribution >= 0.6 is 7.82 Å². The average molecular weight is 801 g/mol. The molecule has 0 aromatic carbocycles. The quantitative estimate of drug-likeness (QED) is 0.0280. The van der Waals surface area contributed by atoms with E-state index >= 15 is 0 Å². The van der Waals surface area contributed by atoms with Crippen molar-refractivity contribution >= 4 is 13.7 Å². The highest BCUT2D eigenvalue weighted by atomic mass is 31.2. The summed E-state index contributed by atoms with van der Waals surface area (Å²) >= 11 is 0. The second-order valence-electron chi connectivity index (χ2n) is 15.3. The summed E-state index contributed by atoms with van der Waals surface area (Å²) in [7, 11) is 1.21. The third kappa shape index (κ3) is 39.6. The van der Waals surface area contributed by atoms with Gasteiger partial charge >= 0.3 is 0 Å². The zero-order valence-electron chi connectivity index (χ0n) is 36.0. The molecule has 0 saturated heterocycles. The number of rotatable bonds is 37. The van der Waals surface area contributed by atoms with E-state index in [0.717, 1.165) is 96.3 Å². The second kappa shape index (κ2) is 38.0. The first-order valence-electron chi connectivity index (χ1n) is 21.6. The molecule has 0 fully saturated rings. The Kier molecular flexibility index (Phi) is 36.2. The molecular weight excluding hydrogens is 719 g/mol. The second-order valence-corrected chi connectivity index (χ2v) is 16.7. The monoisotopic (exact) mass is 801 g/mol. The zero-order chi connectivity index (χ0) is 41.4. The first-order chi connectivity index (χ1) is 27.0. The molecule has 0 saturated carbocycles. The molecule has 3 unspecified atom stereocenters. The fourth-order valence-corrected chi connectivity index (χ4v) is 6.08. The summed E-state index contributed by atoms with van der Waals surface area (Å²) < 4.78 is 23.0. The summed E-state index contributed by atoms with van der Waals surface area (Å²) in [6.07, 6.45) is 53.5. The van der Waals surface area contributed by atoms with Gasteiger partial charge in [-0.25, -0.2) is 0 Å². The van der Waals surface area contributed by atoms with Crippen LogP contribution in [0, 0.1) is 0 Å². The number of unbranched alkanes of at least 4 members (excludes halogenated alkanes) is 10. The Morgan fingerprint density at radius 2 is 1.11 bits per heavy atom. The lowest BCUT2D eigenvalue weighted by Crippen LogP contribution is -2.45. The average Bonchev–Trinajstić information content (AvgIpc) is 3.15. The molecule has 1 amide bonds. The molecule has 0 rings (SSSR count). The molecule has 0 radical (unpaired) electrons. The number of aliphatic hydroxyl groups excluding tert-OH is 1. The Morgan fingerprint density at radius 1 is 0.643 bits per heavy atom. The van der Waals surface area contributed by atoms with Crippen molar-refractivity contribution in [1.29, 1.82) is 0 Å². The molecule has 56 heavy (non-hydrogen) atoms. The highest BCUT2D eigenvalue weighted by Crippen LogP contribution is 2.38. The van der Waals surface area contributed by atoms with Crippen LogP contribution in [0.3, 0.4) is 0 Å². The van der Waals surface area contributed by atoms with E-state index in [4.69, 9.17) is 9.05 Å². The van der Waals surface area contributed by atoms with Gasteiger partial charge in [-0.05, 0) is 77.0 Å². The van der Waals surface area contributed by atoms with Gasteiger partial charge in [0.25, 0.3) is 7.82 Å². The number of allylic oxidation sites excluding steroid dienone is 15. The highest BCUT2D eigenvalue weighted by Gasteiger charge is 2.23. The summed E-state index contributed by atoms with van der Waals surface area (Å²) in [5.41, 5.74) is 0. The van der Waals surface area contributed by atoms with Crippen LogP contribution in [-0.2, 0) is 18.4 Å². The molecule has 320 valence electrons. The fraction of sp³-hybridized carbons (Fsp3) is 0.638. The Bertz CT molecular complexity index is 1230. The van der Waals surface area contributed by atoms with E-state index in [1.807, 2.05) is 27.2 Å². The fourth-order valence-electron chi connectivity index (χ4n) is 5.35. The van der Waals surface area contributed by atoms with E-state index < -0.39 is 26.6 Å². The number of nitrogens with one attached hydrogen (secondary N) is 1. The van der Waals surface area contributed by atoms with Gasteiger partial charge < -0.3 is 28.8 Å². The number of hydrogen-bond acceptors (Lipinski definition) is 6. The van der Waals surface area contributed by atoms with E-state index in [0.29, 0.717) is 17.4 Å². The molecule has 2 N–H and O–H groups in total. The Hall–Kier alpha value is -2.58. The van der Waals surface area contributed by atoms with Crippen LogP contribution in [0.1, 0.15) is 142 Å². The minimum atomic E-state index is -4.59. The van der Waals surface area contributed by atoms with Gasteiger partial charge in [0, 0.05) is 6.42 Å². The smallest absolute Gasteiger partial charge is 0.268 e. The number of carbonyl (C=O) groups excluding carboxylic acids is 1. The van der Waals surface area contributed by atoms with Crippen molar-refractivity contribution in [3.8, 4) is 0 Å². The Morgan fingerprint density at radius 3 is 1.64 bits per heavy atom. The van der Waals surface area contributed by atoms with Gasteiger partial charge in [-0.3, -0.25) is 9.36 Å². The van der Waals surface area contributed by atoms with Gasteiger partial charge in [0.1, 0.15) is 13.2 Å². The van der Waals surface area contributed by atoms with Crippen molar-refractivity contribution < 1.29 is 32.9 Å². The normalized spacial score (nSPS) is 15.3. The predicted molar refractivity (Wildman–Crippen MR) is 237 cm³/mol. The number of phosphoric acid groups is 1. The molecule has 0 aliphatic heterocycles. The van der Waals surface area contributed by atoms with Gasteiger partial charge in [-0.1, -0.05) is 156 Å². The molecule has 0 aliphatic rings. The van der Waals surface area contributed by atoms with Gasteiger partial charge in [0.05, 0.1) is 39.9 Å². The molecular formula is C47H81N2O6P. The molecule has 8 nitrogen and oxygen atoms in total. The van der Waals surface area contributed by atoms with Crippen LogP contribution in [0.15, 0.2) is 97.2 Å². The van der Waals surface area contributed by atoms with Gasteiger partial charge in [-0.15, -0.1) is 0 Å². The lowest BCUT2D eigenvalue weighted by atomic mass is 10.1. The zero-order valence-corrected chi connectivity index (χ0v) is 36.9. The lowest BCUT2D eigenvalue weighted by molar-refractivity contribution is -0.870. The van der Waals surface area contributed by atoms with E-state index in [1.165, 1.54) is 25.7 Å². The lowest BCUT2D eigenvalue weighted by Gasteiger charge is -2.29. The third-order valence-corrected chi connectivity index (χ3v) is 9.72. The Balaban J connectivity index is 4.20. The largest absolute Gasteiger partial charge is 0.756 e. The van der Waals surface area contributed by atoms with Crippen molar-refractivity contribution in [2.75, 3.05) is 40.9 Å². The highest BCUT2D eigenvalue weighted by molar-refractivity contribution is 7.45. The van der Waals surface area contributed by atoms with E-state index in [1.54, 1.807) is 6.08 Å². The number of hydrogen-bond donors (Lipinski definition) is 2. The number of carbonyl (C=O) groups is 1.